The summed E-state index contributed by atoms with van der Waals surface area (Å²) in [6.07, 6.45) is 111. The van der Waals surface area contributed by atoms with Crippen LogP contribution in [0.1, 0.15) is 456 Å². The first-order chi connectivity index (χ1) is 53.5. The molecule has 0 N–H and O–H groups in total. The van der Waals surface area contributed by atoms with Crippen LogP contribution in [0.5, 0.6) is 0 Å². The van der Waals surface area contributed by atoms with Gasteiger partial charge < -0.3 is 49.6 Å². The zero-order chi connectivity index (χ0) is 79.0. The van der Waals surface area contributed by atoms with Gasteiger partial charge in [0, 0.05) is 24.3 Å². The van der Waals surface area contributed by atoms with E-state index in [4.69, 9.17) is 6.42 Å². The normalized spacial score (nSPS) is 10.6. The Hall–Kier alpha value is -5.96. The summed E-state index contributed by atoms with van der Waals surface area (Å²) in [5.74, 6) is 43.1. The van der Waals surface area contributed by atoms with Crippen molar-refractivity contribution < 1.29 is 92.1 Å². The van der Waals surface area contributed by atoms with Crippen molar-refractivity contribution in [2.24, 2.45) is 28.2 Å². The first kappa shape index (κ1) is 113. The fraction of sp³-hybridized carbons (Fsp3) is 0.703. The van der Waals surface area contributed by atoms with Gasteiger partial charge in [0.2, 0.25) is 25.3 Å². The Balaban J connectivity index is -0.0000000615. The summed E-state index contributed by atoms with van der Waals surface area (Å²) in [4.78, 5) is 0. The van der Waals surface area contributed by atoms with Gasteiger partial charge in [-0.1, -0.05) is 336 Å². The van der Waals surface area contributed by atoms with Crippen LogP contribution in [0.15, 0.2) is 74.9 Å². The minimum absolute atomic E-state index is 0. The van der Waals surface area contributed by atoms with Gasteiger partial charge >= 0.3 is 0 Å². The van der Waals surface area contributed by atoms with Crippen LogP contribution in [0.4, 0.5) is 0 Å². The number of aryl methyl sites for hydroxylation is 4. The number of hydrogen-bond acceptors (Lipinski definition) is 0. The van der Waals surface area contributed by atoms with E-state index < -0.39 is 0 Å². The maximum Gasteiger partial charge on any atom is 0.244 e. The van der Waals surface area contributed by atoms with E-state index in [1.165, 1.54) is 360 Å². The van der Waals surface area contributed by atoms with Gasteiger partial charge in [0.25, 0.3) is 0 Å². The van der Waals surface area contributed by atoms with Gasteiger partial charge in [-0.05, 0) is 173 Å². The Morgan fingerprint density at radius 2 is 0.434 bits per heavy atom. The number of rotatable bonds is 60. The zero-order valence-electron chi connectivity index (χ0n) is 74.0. The van der Waals surface area contributed by atoms with E-state index in [1.54, 1.807) is 0 Å². The second kappa shape index (κ2) is 88.4. The highest BCUT2D eigenvalue weighted by Gasteiger charge is 2.17. The number of aromatic nitrogens is 8. The highest BCUT2D eigenvalue weighted by atomic mass is 35.5. The van der Waals surface area contributed by atoms with Gasteiger partial charge in [-0.3, -0.25) is 0 Å². The molecule has 0 bridgehead atoms. The van der Waals surface area contributed by atoms with Crippen LogP contribution >= 0.6 is 0 Å². The van der Waals surface area contributed by atoms with Gasteiger partial charge in [0.1, 0.15) is 55.6 Å². The molecule has 0 saturated heterocycles. The fourth-order valence-electron chi connectivity index (χ4n) is 14.0. The van der Waals surface area contributed by atoms with E-state index in [1.807, 2.05) is 41.8 Å². The van der Waals surface area contributed by atoms with E-state index in [9.17, 15) is 0 Å². The molecule has 0 spiro atoms. The second-order valence-electron chi connectivity index (χ2n) is 31.4. The van der Waals surface area contributed by atoms with Crippen LogP contribution in [0.2, 0.25) is 0 Å². The van der Waals surface area contributed by atoms with E-state index in [0.717, 1.165) is 0 Å². The van der Waals surface area contributed by atoms with Crippen LogP contribution < -0.4 is 67.9 Å². The van der Waals surface area contributed by atoms with Crippen LogP contribution in [0, 0.1) is 107 Å². The topological polar surface area (TPSA) is 35.2 Å². The fourth-order valence-corrected chi connectivity index (χ4v) is 14.0. The van der Waals surface area contributed by atoms with Gasteiger partial charge in [-0.2, -0.15) is 0 Å². The van der Waals surface area contributed by atoms with E-state index in [-0.39, 0.29) is 79.9 Å². The molecule has 113 heavy (non-hydrogen) atoms. The van der Waals surface area contributed by atoms with Crippen molar-refractivity contribution in [3.63, 3.8) is 0 Å². The molecule has 0 aliphatic rings. The molecule has 0 amide bonds. The Kier molecular flexibility index (Phi) is 88.7. The Labute approximate surface area is 748 Å². The molecule has 4 aromatic rings. The van der Waals surface area contributed by atoms with Crippen LogP contribution in [-0.4, -0.2) is 18.3 Å². The quantitative estimate of drug-likeness (QED) is 0.0240. The summed E-state index contributed by atoms with van der Waals surface area (Å²) in [6.45, 7) is 15.9. The van der Waals surface area contributed by atoms with Gasteiger partial charge in [-0.15, -0.1) is 6.42 Å². The monoisotopic (exact) mass is 1660 g/mol. The zero-order valence-corrected chi connectivity index (χ0v) is 77.0. The van der Waals surface area contributed by atoms with Gasteiger partial charge in [0.15, 0.2) is 6.04 Å². The molecule has 0 fully saturated rings. The van der Waals surface area contributed by atoms with Crippen molar-refractivity contribution in [1.29, 1.82) is 0 Å². The lowest BCUT2D eigenvalue weighted by molar-refractivity contribution is -0.671. The minimum Gasteiger partial charge on any atom is -1.00 e. The highest BCUT2D eigenvalue weighted by Crippen LogP contribution is 2.25. The molecule has 668 valence electrons. The summed E-state index contributed by atoms with van der Waals surface area (Å²) in [5, 5.41) is 0. The van der Waals surface area contributed by atoms with Gasteiger partial charge in [-0.25, -0.2) is 36.5 Å². The number of nitrogens with zero attached hydrogens (tertiary/aromatic N) is 8. The molecule has 3 atom stereocenters. The molecule has 4 rings (SSSR count). The summed E-state index contributed by atoms with van der Waals surface area (Å²) >= 11 is 0. The molecule has 3 unspecified atom stereocenters. The number of halogens is 4. The predicted octanol–water partition coefficient (Wildman–Crippen LogP) is 17.3. The molecule has 0 aromatic carbocycles. The van der Waals surface area contributed by atoms with Gasteiger partial charge in [0.05, 0.1) is 40.3 Å². The van der Waals surface area contributed by atoms with Crippen molar-refractivity contribution in [2.45, 2.75) is 432 Å². The molecule has 4 heterocycles. The maximum absolute atomic E-state index is 4.92. The lowest BCUT2D eigenvalue weighted by Gasteiger charge is -2.14. The average molecular weight is 1660 g/mol. The Morgan fingerprint density at radius 1 is 0.248 bits per heavy atom. The smallest absolute Gasteiger partial charge is 0.244 e. The molecular formula is C101H196Cl4N8. The predicted molar refractivity (Wildman–Crippen MR) is 504 cm³/mol. The Morgan fingerprint density at radius 3 is 0.646 bits per heavy atom. The highest BCUT2D eigenvalue weighted by molar-refractivity contribution is 5.46. The largest absolute Gasteiger partial charge is 1.00 e. The first-order valence-corrected chi connectivity index (χ1v) is 45.1. The summed E-state index contributed by atoms with van der Waals surface area (Å²) in [7, 11) is 8.29. The lowest BCUT2D eigenvalue weighted by atomic mass is 9.99. The summed E-state index contributed by atoms with van der Waals surface area (Å²) in [5.41, 5.74) is 0. The number of imidazole rings is 4. The third-order valence-electron chi connectivity index (χ3n) is 21.0. The third kappa shape index (κ3) is 74.6. The maximum atomic E-state index is 4.92. The van der Waals surface area contributed by atoms with Crippen LogP contribution in [0.25, 0.3) is 0 Å². The number of unbranched alkanes of at least 4 members (excludes halogenated alkanes) is 48. The average Bonchev–Trinajstić information content (AvgIpc) is 1.78. The third-order valence-corrected chi connectivity index (χ3v) is 21.0. The summed E-state index contributed by atoms with van der Waals surface area (Å²) < 4.78 is 17.6. The molecule has 12 heteroatoms. The van der Waals surface area contributed by atoms with Crippen LogP contribution in [0.3, 0.4) is 0 Å². The van der Waals surface area contributed by atoms with Crippen molar-refractivity contribution in [3.8, 4) is 107 Å². The Bertz CT molecular complexity index is 3400. The van der Waals surface area contributed by atoms with Crippen molar-refractivity contribution in [2.75, 3.05) is 0 Å². The first-order valence-electron chi connectivity index (χ1n) is 45.1. The molecular weight excluding hydrogens is 1470 g/mol. The second-order valence-corrected chi connectivity index (χ2v) is 31.4. The van der Waals surface area contributed by atoms with E-state index in [0.29, 0.717) is 18.1 Å². The van der Waals surface area contributed by atoms with E-state index >= 15 is 0 Å². The molecule has 0 radical (unpaired) electrons. The molecule has 0 aliphatic heterocycles. The summed E-state index contributed by atoms with van der Waals surface area (Å²) in [6, 6.07) is 2.04. The minimum atomic E-state index is 0. The van der Waals surface area contributed by atoms with Crippen molar-refractivity contribution >= 4 is 0 Å². The lowest BCUT2D eigenvalue weighted by Crippen LogP contribution is -3.00. The standard InChI is InChI=1S/C33H65N2.C24H47N2.C24H11N2.C20H39N2.4ClH.17H2/c1-4-6-8-10-12-14-16-18-20-22-24-26-28-33(35-31-30-34(3)32-35)29-27-25-23-21-19-17-15-13-11-9-7-5-2;2*1-4-5-6-7-8-9-10-11-12-13-14-15-16-17-18-19-20-24(2)26-22-21-25(3)23-26;1-4-5-6-7-8-9-10-11-12-13-14-15-16-20(2)22-18-17-21(3)19-22;;;;;;;;;;;;;;;;;;;;;/h30-33H,4-29H2,1-3H3;21-24H,4-20H2,1-3H3;1,21-24H,2-3H3;17-20H,4-16H2,1-3H3;21*1H/q4*+1;;;;;;;;;;;;;;;;;;;;;/p-4. The SMILES string of the molecule is C#CC#CC#CC#CC#CC#CC#CC#CC#CC(C)n1cc[n+](C)c1.CCCCCCCCCCCCCCC(C)n1cc[n+](C)c1.CCCCCCCCCCCCCCC(CCCCCCCCCCCCCC)n1cc[n+](C)c1.CCCCCCCCCCCCCCCCCCC(C)n1cc[n+](C)c1.[Cl-].[Cl-].[Cl-].[Cl-].[HH].[HH].[HH].[HH].[HH].[HH].[HH].[HH].[HH].[HH].[HH].[HH].[HH].[HH].[HH].[HH].[HH]. The number of terminal acetylenes is 1. The van der Waals surface area contributed by atoms with E-state index in [2.05, 4.69) is 247 Å². The molecule has 4 aromatic heterocycles. The molecule has 0 aliphatic carbocycles. The van der Waals surface area contributed by atoms with Crippen molar-refractivity contribution in [3.05, 3.63) is 74.9 Å². The number of hydrogen-bond donors (Lipinski definition) is 0. The van der Waals surface area contributed by atoms with Crippen molar-refractivity contribution in [1.82, 2.24) is 18.3 Å². The van der Waals surface area contributed by atoms with Crippen LogP contribution in [-0.2, 0) is 28.2 Å². The molecule has 0 saturated carbocycles. The molecule has 8 nitrogen and oxygen atoms in total.